The van der Waals surface area contributed by atoms with Crippen LogP contribution < -0.4 is 86.7 Å². The van der Waals surface area contributed by atoms with Crippen LogP contribution in [0.25, 0.3) is 10.8 Å². The number of likely N-dealkylation sites (tertiary alicyclic amines) is 1. The van der Waals surface area contributed by atoms with Crippen molar-refractivity contribution in [3.05, 3.63) is 161 Å². The van der Waals surface area contributed by atoms with Gasteiger partial charge in [-0.25, -0.2) is 9.97 Å². The Labute approximate surface area is 670 Å². The third-order valence-electron chi connectivity index (χ3n) is 18.9. The number of anilines is 2. The highest BCUT2D eigenvalue weighted by Crippen LogP contribution is 2.23. The summed E-state index contributed by atoms with van der Waals surface area (Å²) in [5, 5.41) is 53.3. The van der Waals surface area contributed by atoms with Crippen LogP contribution in [0, 0.1) is 11.3 Å². The molecule has 0 spiro atoms. The lowest BCUT2D eigenvalue weighted by Gasteiger charge is -2.31. The maximum atomic E-state index is 15.2. The van der Waals surface area contributed by atoms with Gasteiger partial charge in [0.25, 0.3) is 11.8 Å². The van der Waals surface area contributed by atoms with Crippen molar-refractivity contribution in [2.45, 2.75) is 178 Å². The summed E-state index contributed by atoms with van der Waals surface area (Å²) in [4.78, 5) is 197. The minimum atomic E-state index is -1.87. The third-order valence-corrected chi connectivity index (χ3v) is 19.1. The highest BCUT2D eigenvalue weighted by Gasteiger charge is 2.40. The molecule has 1 aliphatic rings. The van der Waals surface area contributed by atoms with Gasteiger partial charge in [0.2, 0.25) is 65.0 Å². The van der Waals surface area contributed by atoms with Gasteiger partial charge in [0.05, 0.1) is 17.7 Å². The molecule has 115 heavy (non-hydrogen) atoms. The molecule has 0 unspecified atom stereocenters. The summed E-state index contributed by atoms with van der Waals surface area (Å²) in [5.74, 6) is -10.4. The number of pyridine rings is 3. The average Bonchev–Trinajstić information content (AvgIpc) is 1.75. The van der Waals surface area contributed by atoms with Crippen LogP contribution in [0.15, 0.2) is 128 Å². The van der Waals surface area contributed by atoms with Gasteiger partial charge in [0.1, 0.15) is 72.1 Å². The molecular weight excluding hydrogens is 1500 g/mol. The van der Waals surface area contributed by atoms with E-state index >= 15 is 9.59 Å². The zero-order valence-corrected chi connectivity index (χ0v) is 65.4. The lowest BCUT2D eigenvalue weighted by atomic mass is 9.99. The molecule has 3 aromatic carbocycles. The number of nitrogen functional groups attached to an aromatic ring is 2. The zero-order valence-electron chi connectivity index (χ0n) is 64.6. The lowest BCUT2D eigenvalue weighted by molar-refractivity contribution is -0.142. The van der Waals surface area contributed by atoms with Crippen LogP contribution in [-0.4, -0.2) is 201 Å². The standard InChI is InChI=1S/C79H104ClN21O14/c1-45(2)36-59(72(109)96-58(19-12-34-89-79(84)85)78(115)101-35-13-20-64(101)77(114)92-46(3)67(83)104)97-71(108)57(18-8-10-33-88-69(106)54-26-30-66(82)91-43-54)94-70(107)56(17-7-9-32-87-68(105)53-25-29-65(81)90-42-53)95-76(113)63(44-102)100-75(112)62(40-50-14-11-31-86-41-50)99-74(111)61(38-48-22-27-55(80)28-23-48)98-73(110)60(93-47(4)103)39-49-21-24-51-15-5-6-16-52(51)37-49/h5-6,11,14-16,21-31,37,41-43,45-46,56-64,102H,7-10,12-13,17-20,32-36,38-40,44H2,1-4H3,(H2,81,90)(H2,82,91)(H2,83,104)(H,87,105)(H,88,106)(H,92,114)(H,93,103)(H,94,107)(H,95,113)(H,96,109)(H,97,108)(H,98,110)(H,99,111)(H,100,112)(H4,84,85,89)/t46-,56+,57-,58+,59+,60-,61-,62-,63+,64+/m1/s1. The molecule has 1 aliphatic heterocycles. The van der Waals surface area contributed by atoms with Crippen molar-refractivity contribution in [3.63, 3.8) is 0 Å². The van der Waals surface area contributed by atoms with E-state index in [0.717, 1.165) is 10.8 Å². The van der Waals surface area contributed by atoms with Crippen LogP contribution in [0.5, 0.6) is 0 Å². The molecule has 3 aromatic heterocycles. The van der Waals surface area contributed by atoms with Gasteiger partial charge in [-0.3, -0.25) is 72.7 Å². The summed E-state index contributed by atoms with van der Waals surface area (Å²) >= 11 is 6.26. The second-order valence-electron chi connectivity index (χ2n) is 28.5. The Hall–Kier alpha value is -12.4. The topological polar surface area (TPSA) is 556 Å². The number of nitrogens with zero attached hydrogens (tertiary/aromatic N) is 4. The number of fused-ring (bicyclic) bond motifs is 1. The van der Waals surface area contributed by atoms with Gasteiger partial charge in [0, 0.05) is 82.2 Å². The molecule has 6 aromatic rings. The zero-order chi connectivity index (χ0) is 83.7. The molecule has 1 fully saturated rings. The normalized spacial score (nSPS) is 14.7. The number of carbonyl (C=O) groups excluding carboxylic acids is 13. The van der Waals surface area contributed by atoms with Crippen LogP contribution in [0.1, 0.15) is 136 Å². The quantitative estimate of drug-likeness (QED) is 0.0138. The Kier molecular flexibility index (Phi) is 35.4. The number of primary amides is 1. The number of nitrogens with one attached hydrogen (secondary N) is 13. The predicted octanol–water partition coefficient (Wildman–Crippen LogP) is 0.252. The van der Waals surface area contributed by atoms with E-state index in [1.54, 1.807) is 50.2 Å². The van der Waals surface area contributed by atoms with E-state index in [0.29, 0.717) is 28.1 Å². The second kappa shape index (κ2) is 45.3. The van der Waals surface area contributed by atoms with E-state index in [9.17, 15) is 57.8 Å². The Balaban J connectivity index is 1.16. The van der Waals surface area contributed by atoms with Gasteiger partial charge in [-0.05, 0) is 153 Å². The molecule has 36 heteroatoms. The molecule has 10 atom stereocenters. The van der Waals surface area contributed by atoms with Crippen LogP contribution >= 0.6 is 11.6 Å². The largest absolute Gasteiger partial charge is 0.394 e. The fraction of sp³-hybridized carbons (Fsp3) is 0.430. The van der Waals surface area contributed by atoms with Gasteiger partial charge in [-0.15, -0.1) is 0 Å². The summed E-state index contributed by atoms with van der Waals surface area (Å²) in [6.45, 7) is 5.39. The summed E-state index contributed by atoms with van der Waals surface area (Å²) < 4.78 is 0. The average molecular weight is 1610 g/mol. The minimum Gasteiger partial charge on any atom is -0.394 e. The molecular formula is C79H104ClN21O14. The molecule has 4 heterocycles. The molecule has 0 saturated carbocycles. The monoisotopic (exact) mass is 1610 g/mol. The minimum absolute atomic E-state index is 0.0150. The van der Waals surface area contributed by atoms with E-state index in [4.69, 9.17) is 39.9 Å². The maximum Gasteiger partial charge on any atom is 0.252 e. The molecule has 1 saturated heterocycles. The van der Waals surface area contributed by atoms with Crippen molar-refractivity contribution in [2.75, 3.05) is 44.3 Å². The number of amides is 13. The van der Waals surface area contributed by atoms with Crippen LogP contribution in [0.3, 0.4) is 0 Å². The number of guanidine groups is 1. The third kappa shape index (κ3) is 29.6. The smallest absolute Gasteiger partial charge is 0.252 e. The lowest BCUT2D eigenvalue weighted by Crippen LogP contribution is -2.61. The first kappa shape index (κ1) is 89.8. The molecule has 22 N–H and O–H groups in total. The number of aliphatic hydroxyl groups excluding tert-OH is 1. The van der Waals surface area contributed by atoms with Crippen molar-refractivity contribution in [2.24, 2.45) is 17.4 Å². The summed E-state index contributed by atoms with van der Waals surface area (Å²) in [6.07, 6.45) is 6.01. The fourth-order valence-corrected chi connectivity index (χ4v) is 12.9. The number of hydrogen-bond acceptors (Lipinski definition) is 20. The number of aliphatic hydroxyl groups is 1. The Morgan fingerprint density at radius 1 is 0.513 bits per heavy atom. The van der Waals surface area contributed by atoms with Gasteiger partial charge >= 0.3 is 0 Å². The van der Waals surface area contributed by atoms with Crippen molar-refractivity contribution >= 4 is 117 Å². The number of nitrogens with two attached hydrogens (primary N) is 4. The van der Waals surface area contributed by atoms with E-state index in [1.165, 1.54) is 67.8 Å². The van der Waals surface area contributed by atoms with Crippen LogP contribution in [0.4, 0.5) is 11.6 Å². The Bertz CT molecular complexity index is 4350. The van der Waals surface area contributed by atoms with E-state index in [1.807, 2.05) is 42.5 Å². The number of aromatic nitrogens is 3. The van der Waals surface area contributed by atoms with E-state index in [-0.39, 0.29) is 144 Å². The highest BCUT2D eigenvalue weighted by molar-refractivity contribution is 6.30. The van der Waals surface area contributed by atoms with Crippen molar-refractivity contribution < 1.29 is 67.4 Å². The van der Waals surface area contributed by atoms with Gasteiger partial charge in [0.15, 0.2) is 5.96 Å². The van der Waals surface area contributed by atoms with Crippen LogP contribution in [0.2, 0.25) is 5.02 Å². The molecule has 13 amide bonds. The first-order chi connectivity index (χ1) is 54.9. The molecule has 616 valence electrons. The second-order valence-corrected chi connectivity index (χ2v) is 29.0. The Morgan fingerprint density at radius 2 is 0.991 bits per heavy atom. The summed E-state index contributed by atoms with van der Waals surface area (Å²) in [5.41, 5.74) is 24.5. The highest BCUT2D eigenvalue weighted by atomic mass is 35.5. The van der Waals surface area contributed by atoms with Gasteiger partial charge < -0.3 is 96.7 Å². The molecule has 7 rings (SSSR count). The number of benzene rings is 3. The summed E-state index contributed by atoms with van der Waals surface area (Å²) in [6, 6.07) is 14.6. The maximum absolute atomic E-state index is 15.2. The van der Waals surface area contributed by atoms with Gasteiger partial charge in [-0.2, -0.15) is 0 Å². The molecule has 0 radical (unpaired) electrons. The molecule has 0 bridgehead atoms. The number of hydrogen-bond donors (Lipinski definition) is 18. The van der Waals surface area contributed by atoms with Crippen LogP contribution in [-0.2, 0) is 72.0 Å². The number of carbonyl (C=O) groups is 13. The first-order valence-electron chi connectivity index (χ1n) is 38.0. The molecule has 0 aliphatic carbocycles. The summed E-state index contributed by atoms with van der Waals surface area (Å²) in [7, 11) is 0. The van der Waals surface area contributed by atoms with Gasteiger partial charge in [-0.1, -0.05) is 86.1 Å². The van der Waals surface area contributed by atoms with E-state index in [2.05, 4.69) is 78.8 Å². The van der Waals surface area contributed by atoms with Crippen molar-refractivity contribution in [1.29, 1.82) is 5.41 Å². The SMILES string of the molecule is CC(=O)N[C@H](Cc1ccc2ccccc2c1)C(=O)N[C@H](Cc1ccc(Cl)cc1)C(=O)N[C@H](Cc1cccnc1)C(=O)N[C@@H](CO)C(=O)N[C@@H](CCCCNC(=O)c1ccc(N)nc1)C(=O)N[C@H](CCCCNC(=O)c1ccc(N)nc1)C(=O)N[C@@H](CC(C)C)C(=O)N[C@@H](CCCNC(=N)N)C(=O)N1CCC[C@H]1C(=O)N[C@H](C)C(N)=O. The first-order valence-corrected chi connectivity index (χ1v) is 38.4. The van der Waals surface area contributed by atoms with E-state index < -0.39 is 144 Å². The number of halogens is 1. The van der Waals surface area contributed by atoms with Crippen molar-refractivity contribution in [3.8, 4) is 0 Å². The Morgan fingerprint density at radius 3 is 1.51 bits per heavy atom. The van der Waals surface area contributed by atoms with Crippen molar-refractivity contribution in [1.82, 2.24) is 83.7 Å². The molecule has 35 nitrogen and oxygen atoms in total. The fourth-order valence-electron chi connectivity index (χ4n) is 12.7. The number of unbranched alkanes of at least 4 members (excludes halogenated alkanes) is 2. The number of rotatable bonds is 44. The predicted molar refractivity (Wildman–Crippen MR) is 429 cm³/mol.